The lowest BCUT2D eigenvalue weighted by Gasteiger charge is -2.14. The molecule has 0 N–H and O–H groups in total. The maximum absolute atomic E-state index is 13.7. The number of benzene rings is 1. The number of carbonyl (C=O) groups is 2. The molecule has 6 heteroatoms. The number of amides is 2. The van der Waals surface area contributed by atoms with Crippen molar-refractivity contribution in [3.8, 4) is 0 Å². The van der Waals surface area contributed by atoms with Gasteiger partial charge in [0.1, 0.15) is 5.82 Å². The van der Waals surface area contributed by atoms with Gasteiger partial charge in [-0.15, -0.1) is 0 Å². The molecule has 4 nitrogen and oxygen atoms in total. The lowest BCUT2D eigenvalue weighted by molar-refractivity contribution is 0.0641. The molecule has 0 saturated heterocycles. The fourth-order valence-corrected chi connectivity index (χ4v) is 2.52. The maximum atomic E-state index is 13.7. The molecule has 0 atom stereocenters. The summed E-state index contributed by atoms with van der Waals surface area (Å²) in [6.07, 6.45) is 2.81. The van der Waals surface area contributed by atoms with Crippen LogP contribution in [-0.4, -0.2) is 21.7 Å². The van der Waals surface area contributed by atoms with Crippen LogP contribution in [0.1, 0.15) is 26.3 Å². The topological polar surface area (TPSA) is 50.3 Å². The van der Waals surface area contributed by atoms with E-state index in [1.54, 1.807) is 12.1 Å². The predicted octanol–water partition coefficient (Wildman–Crippen LogP) is 2.78. The van der Waals surface area contributed by atoms with Gasteiger partial charge in [0, 0.05) is 22.4 Å². The molecule has 100 valence electrons. The van der Waals surface area contributed by atoms with Gasteiger partial charge in [0.15, 0.2) is 0 Å². The molecule has 20 heavy (non-hydrogen) atoms. The van der Waals surface area contributed by atoms with Crippen LogP contribution in [0.2, 0.25) is 0 Å². The maximum Gasteiger partial charge on any atom is 0.263 e. The molecule has 0 aliphatic carbocycles. The summed E-state index contributed by atoms with van der Waals surface area (Å²) in [5.74, 6) is -1.33. The van der Waals surface area contributed by atoms with E-state index in [1.807, 2.05) is 0 Å². The number of hydrogen-bond donors (Lipinski definition) is 0. The minimum absolute atomic E-state index is 0.0996. The van der Waals surface area contributed by atoms with E-state index in [1.165, 1.54) is 24.5 Å². The van der Waals surface area contributed by atoms with Crippen molar-refractivity contribution < 1.29 is 14.0 Å². The second-order valence-electron chi connectivity index (χ2n) is 4.35. The van der Waals surface area contributed by atoms with Crippen LogP contribution < -0.4 is 0 Å². The standard InChI is InChI=1S/C14H8BrFN2O2/c15-9-1-2-12(16)8(5-9)7-18-13(19)10-3-4-17-6-11(10)14(18)20/h1-6H,7H2. The van der Waals surface area contributed by atoms with Gasteiger partial charge < -0.3 is 0 Å². The minimum atomic E-state index is -0.456. The second kappa shape index (κ2) is 4.79. The zero-order valence-corrected chi connectivity index (χ0v) is 11.7. The van der Waals surface area contributed by atoms with Gasteiger partial charge in [-0.3, -0.25) is 19.5 Å². The first-order valence-corrected chi connectivity index (χ1v) is 6.61. The first kappa shape index (κ1) is 12.9. The van der Waals surface area contributed by atoms with Crippen molar-refractivity contribution in [2.24, 2.45) is 0 Å². The van der Waals surface area contributed by atoms with Gasteiger partial charge in [0.05, 0.1) is 17.7 Å². The number of aromatic nitrogens is 1. The number of carbonyl (C=O) groups excluding carboxylic acids is 2. The van der Waals surface area contributed by atoms with E-state index < -0.39 is 17.6 Å². The Hall–Kier alpha value is -2.08. The Kier molecular flexibility index (Phi) is 3.10. The Morgan fingerprint density at radius 1 is 1.15 bits per heavy atom. The van der Waals surface area contributed by atoms with Crippen molar-refractivity contribution in [1.82, 2.24) is 9.88 Å². The second-order valence-corrected chi connectivity index (χ2v) is 5.27. The van der Waals surface area contributed by atoms with E-state index in [9.17, 15) is 14.0 Å². The van der Waals surface area contributed by atoms with Crippen LogP contribution in [-0.2, 0) is 6.54 Å². The van der Waals surface area contributed by atoms with E-state index in [0.29, 0.717) is 10.0 Å². The molecular weight excluding hydrogens is 327 g/mol. The van der Waals surface area contributed by atoms with Crippen molar-refractivity contribution in [2.45, 2.75) is 6.54 Å². The largest absolute Gasteiger partial charge is 0.270 e. The first-order valence-electron chi connectivity index (χ1n) is 5.82. The van der Waals surface area contributed by atoms with Crippen molar-refractivity contribution in [2.75, 3.05) is 0 Å². The summed E-state index contributed by atoms with van der Waals surface area (Å²) < 4.78 is 14.4. The van der Waals surface area contributed by atoms with Gasteiger partial charge in [0.2, 0.25) is 0 Å². The summed E-state index contributed by atoms with van der Waals surface area (Å²) in [5, 5.41) is 0. The van der Waals surface area contributed by atoms with Crippen LogP contribution in [0.3, 0.4) is 0 Å². The molecule has 0 saturated carbocycles. The number of imide groups is 1. The van der Waals surface area contributed by atoms with Crippen LogP contribution in [0, 0.1) is 5.82 Å². The van der Waals surface area contributed by atoms with Gasteiger partial charge in [-0.05, 0) is 24.3 Å². The third-order valence-corrected chi connectivity index (χ3v) is 3.60. The fraction of sp³-hybridized carbons (Fsp3) is 0.0714. The molecule has 1 aromatic heterocycles. The summed E-state index contributed by atoms with van der Waals surface area (Å²) in [6, 6.07) is 5.90. The normalized spacial score (nSPS) is 13.8. The quantitative estimate of drug-likeness (QED) is 0.793. The average Bonchev–Trinajstić information content (AvgIpc) is 2.68. The molecule has 0 spiro atoms. The smallest absolute Gasteiger partial charge is 0.263 e. The summed E-state index contributed by atoms with van der Waals surface area (Å²) in [7, 11) is 0. The summed E-state index contributed by atoms with van der Waals surface area (Å²) in [6.45, 7) is -0.0996. The zero-order chi connectivity index (χ0) is 14.3. The number of rotatable bonds is 2. The van der Waals surface area contributed by atoms with E-state index >= 15 is 0 Å². The van der Waals surface area contributed by atoms with Gasteiger partial charge in [0.25, 0.3) is 11.8 Å². The molecule has 0 bridgehead atoms. The van der Waals surface area contributed by atoms with Crippen molar-refractivity contribution in [3.05, 3.63) is 63.6 Å². The number of pyridine rings is 1. The Balaban J connectivity index is 1.96. The first-order chi connectivity index (χ1) is 9.58. The summed E-state index contributed by atoms with van der Waals surface area (Å²) in [5.41, 5.74) is 0.843. The van der Waals surface area contributed by atoms with Crippen LogP contribution >= 0.6 is 15.9 Å². The summed E-state index contributed by atoms with van der Waals surface area (Å²) in [4.78, 5) is 29.1. The van der Waals surface area contributed by atoms with Crippen LogP contribution in [0.4, 0.5) is 4.39 Å². The summed E-state index contributed by atoms with van der Waals surface area (Å²) >= 11 is 3.24. The van der Waals surface area contributed by atoms with Gasteiger partial charge in [-0.25, -0.2) is 4.39 Å². The van der Waals surface area contributed by atoms with Crippen molar-refractivity contribution >= 4 is 27.7 Å². The molecule has 2 amide bonds. The highest BCUT2D eigenvalue weighted by Gasteiger charge is 2.35. The van der Waals surface area contributed by atoms with E-state index in [0.717, 1.165) is 4.90 Å². The van der Waals surface area contributed by atoms with Crippen LogP contribution in [0.25, 0.3) is 0 Å². The van der Waals surface area contributed by atoms with Crippen molar-refractivity contribution in [1.29, 1.82) is 0 Å². The molecule has 0 fully saturated rings. The highest BCUT2D eigenvalue weighted by atomic mass is 79.9. The Labute approximate surface area is 122 Å². The Morgan fingerprint density at radius 3 is 2.65 bits per heavy atom. The SMILES string of the molecule is O=C1c2ccncc2C(=O)N1Cc1cc(Br)ccc1F. The van der Waals surface area contributed by atoms with E-state index in [2.05, 4.69) is 20.9 Å². The molecule has 1 aromatic carbocycles. The number of nitrogens with zero attached hydrogens (tertiary/aromatic N) is 2. The third-order valence-electron chi connectivity index (χ3n) is 3.11. The van der Waals surface area contributed by atoms with Gasteiger partial charge in [-0.1, -0.05) is 15.9 Å². The lowest BCUT2D eigenvalue weighted by Crippen LogP contribution is -2.29. The molecule has 0 unspecified atom stereocenters. The van der Waals surface area contributed by atoms with Crippen LogP contribution in [0.5, 0.6) is 0 Å². The highest BCUT2D eigenvalue weighted by Crippen LogP contribution is 2.25. The number of hydrogen-bond acceptors (Lipinski definition) is 3. The van der Waals surface area contributed by atoms with E-state index in [-0.39, 0.29) is 17.7 Å². The number of fused-ring (bicyclic) bond motifs is 1. The molecular formula is C14H8BrFN2O2. The fourth-order valence-electron chi connectivity index (χ4n) is 2.11. The van der Waals surface area contributed by atoms with Crippen molar-refractivity contribution in [3.63, 3.8) is 0 Å². The Bertz CT molecular complexity index is 698. The molecule has 2 heterocycles. The molecule has 2 aromatic rings. The van der Waals surface area contributed by atoms with Crippen LogP contribution in [0.15, 0.2) is 41.1 Å². The highest BCUT2D eigenvalue weighted by molar-refractivity contribution is 9.10. The molecule has 1 aliphatic heterocycles. The van der Waals surface area contributed by atoms with Gasteiger partial charge in [-0.2, -0.15) is 0 Å². The molecule has 0 radical (unpaired) electrons. The third kappa shape index (κ3) is 2.02. The lowest BCUT2D eigenvalue weighted by atomic mass is 10.2. The minimum Gasteiger partial charge on any atom is -0.270 e. The predicted molar refractivity (Wildman–Crippen MR) is 72.5 cm³/mol. The van der Waals surface area contributed by atoms with E-state index in [4.69, 9.17) is 0 Å². The monoisotopic (exact) mass is 334 g/mol. The van der Waals surface area contributed by atoms with Gasteiger partial charge >= 0.3 is 0 Å². The number of halogens is 2. The zero-order valence-electron chi connectivity index (χ0n) is 10.1. The Morgan fingerprint density at radius 2 is 1.90 bits per heavy atom. The average molecular weight is 335 g/mol. The molecule has 3 rings (SSSR count). The molecule has 1 aliphatic rings.